The Hall–Kier alpha value is -0.540. The van der Waals surface area contributed by atoms with E-state index in [4.69, 9.17) is 11.6 Å². The molecule has 0 aliphatic rings. The third-order valence-corrected chi connectivity index (χ3v) is 3.94. The molecule has 0 heterocycles. The monoisotopic (exact) mass is 345 g/mol. The normalized spacial score (nSPS) is 13.2. The summed E-state index contributed by atoms with van der Waals surface area (Å²) < 4.78 is 1.01. The first-order valence-corrected chi connectivity index (χ1v) is 7.60. The highest BCUT2D eigenvalue weighted by Crippen LogP contribution is 2.23. The summed E-state index contributed by atoms with van der Waals surface area (Å²) in [5.41, 5.74) is 1.89. The number of nitrogens with one attached hydrogen (secondary N) is 1. The van der Waals surface area contributed by atoms with E-state index in [9.17, 15) is 4.79 Å². The molecule has 19 heavy (non-hydrogen) atoms. The lowest BCUT2D eigenvalue weighted by atomic mass is 9.90. The molecule has 1 amide bonds. The summed E-state index contributed by atoms with van der Waals surface area (Å²) in [6, 6.07) is 5.56. The Kier molecular flexibility index (Phi) is 5.87. The van der Waals surface area contributed by atoms with Gasteiger partial charge in [-0.15, -0.1) is 11.6 Å². The Morgan fingerprint density at radius 3 is 2.58 bits per heavy atom. The fourth-order valence-corrected chi connectivity index (χ4v) is 2.61. The predicted octanol–water partition coefficient (Wildman–Crippen LogP) is 4.53. The Labute approximate surface area is 129 Å². The number of halogens is 2. The first kappa shape index (κ1) is 16.5. The minimum Gasteiger partial charge on any atom is -0.351 e. The molecule has 0 saturated heterocycles. The second-order valence-corrected chi connectivity index (χ2v) is 7.51. The number of hydrogen-bond donors (Lipinski definition) is 1. The van der Waals surface area contributed by atoms with Crippen LogP contribution in [0.2, 0.25) is 0 Å². The quantitative estimate of drug-likeness (QED) is 0.797. The number of carbonyl (C=O) groups is 1. The van der Waals surface area contributed by atoms with Crippen molar-refractivity contribution in [2.24, 2.45) is 5.41 Å². The summed E-state index contributed by atoms with van der Waals surface area (Å²) in [6.07, 6.45) is 0.869. The fraction of sp³-hybridized carbons (Fsp3) is 0.533. The highest BCUT2D eigenvalue weighted by Gasteiger charge is 2.17. The van der Waals surface area contributed by atoms with Gasteiger partial charge in [-0.05, 0) is 42.5 Å². The van der Waals surface area contributed by atoms with Crippen molar-refractivity contribution in [3.8, 4) is 0 Å². The maximum absolute atomic E-state index is 12.0. The number of alkyl halides is 1. The SMILES string of the molecule is Cc1cc(C(=O)NCC(Cl)CC(C)(C)C)ccc1Br. The second kappa shape index (κ2) is 6.76. The average Bonchev–Trinajstić information content (AvgIpc) is 2.27. The van der Waals surface area contributed by atoms with E-state index in [1.165, 1.54) is 0 Å². The molecule has 0 radical (unpaired) electrons. The number of rotatable bonds is 4. The van der Waals surface area contributed by atoms with E-state index in [1.807, 2.05) is 19.1 Å². The van der Waals surface area contributed by atoms with Crippen LogP contribution in [0.1, 0.15) is 43.1 Å². The van der Waals surface area contributed by atoms with Crippen molar-refractivity contribution in [3.63, 3.8) is 0 Å². The van der Waals surface area contributed by atoms with Gasteiger partial charge in [0.05, 0.1) is 5.38 Å². The van der Waals surface area contributed by atoms with Gasteiger partial charge in [0.25, 0.3) is 5.91 Å². The standard InChI is InChI=1S/C15H21BrClNO/c1-10-7-11(5-6-13(10)16)14(19)18-9-12(17)8-15(2,3)4/h5-7,12H,8-9H2,1-4H3,(H,18,19). The van der Waals surface area contributed by atoms with Crippen molar-refractivity contribution in [2.45, 2.75) is 39.5 Å². The summed E-state index contributed by atoms with van der Waals surface area (Å²) in [4.78, 5) is 12.0. The molecule has 0 aliphatic heterocycles. The van der Waals surface area contributed by atoms with Crippen molar-refractivity contribution in [2.75, 3.05) is 6.54 Å². The molecule has 1 aromatic rings. The molecule has 1 unspecified atom stereocenters. The van der Waals surface area contributed by atoms with Gasteiger partial charge in [0, 0.05) is 16.6 Å². The molecular weight excluding hydrogens is 326 g/mol. The molecule has 4 heteroatoms. The van der Waals surface area contributed by atoms with Gasteiger partial charge in [-0.2, -0.15) is 0 Å². The van der Waals surface area contributed by atoms with E-state index < -0.39 is 0 Å². The Morgan fingerprint density at radius 1 is 1.42 bits per heavy atom. The van der Waals surface area contributed by atoms with E-state index in [2.05, 4.69) is 42.0 Å². The summed E-state index contributed by atoms with van der Waals surface area (Å²) in [6.45, 7) is 8.88. The molecule has 1 aromatic carbocycles. The van der Waals surface area contributed by atoms with E-state index in [-0.39, 0.29) is 16.7 Å². The van der Waals surface area contributed by atoms with Crippen LogP contribution in [0.15, 0.2) is 22.7 Å². The van der Waals surface area contributed by atoms with Crippen LogP contribution in [-0.4, -0.2) is 17.8 Å². The van der Waals surface area contributed by atoms with Gasteiger partial charge in [-0.25, -0.2) is 0 Å². The average molecular weight is 347 g/mol. The number of benzene rings is 1. The van der Waals surface area contributed by atoms with Gasteiger partial charge < -0.3 is 5.32 Å². The molecule has 1 atom stereocenters. The maximum Gasteiger partial charge on any atom is 0.251 e. The summed E-state index contributed by atoms with van der Waals surface area (Å²) in [7, 11) is 0. The fourth-order valence-electron chi connectivity index (χ4n) is 1.83. The number of carbonyl (C=O) groups excluding carboxylic acids is 1. The summed E-state index contributed by atoms with van der Waals surface area (Å²) in [5.74, 6) is -0.0739. The minimum absolute atomic E-state index is 0.0412. The topological polar surface area (TPSA) is 29.1 Å². The van der Waals surface area contributed by atoms with E-state index in [0.717, 1.165) is 16.5 Å². The van der Waals surface area contributed by atoms with Gasteiger partial charge in [-0.3, -0.25) is 4.79 Å². The maximum atomic E-state index is 12.0. The van der Waals surface area contributed by atoms with Crippen LogP contribution >= 0.6 is 27.5 Å². The van der Waals surface area contributed by atoms with E-state index in [1.54, 1.807) is 6.07 Å². The lowest BCUT2D eigenvalue weighted by Gasteiger charge is -2.22. The van der Waals surface area contributed by atoms with Gasteiger partial charge in [0.15, 0.2) is 0 Å². The zero-order valence-electron chi connectivity index (χ0n) is 11.9. The van der Waals surface area contributed by atoms with Gasteiger partial charge in [0.1, 0.15) is 0 Å². The lowest BCUT2D eigenvalue weighted by Crippen LogP contribution is -2.31. The van der Waals surface area contributed by atoms with Crippen LogP contribution in [-0.2, 0) is 0 Å². The van der Waals surface area contributed by atoms with Crippen LogP contribution in [0.5, 0.6) is 0 Å². The Bertz CT molecular complexity index is 454. The van der Waals surface area contributed by atoms with Crippen LogP contribution in [0.4, 0.5) is 0 Å². The van der Waals surface area contributed by atoms with Gasteiger partial charge >= 0.3 is 0 Å². The molecule has 0 fully saturated rings. The number of amides is 1. The third-order valence-electron chi connectivity index (χ3n) is 2.74. The molecule has 0 aliphatic carbocycles. The summed E-state index contributed by atoms with van der Waals surface area (Å²) >= 11 is 9.65. The molecule has 1 rings (SSSR count). The van der Waals surface area contributed by atoms with Crippen LogP contribution in [0.25, 0.3) is 0 Å². The second-order valence-electron chi connectivity index (χ2n) is 6.04. The molecule has 0 bridgehead atoms. The van der Waals surface area contributed by atoms with Crippen molar-refractivity contribution in [1.29, 1.82) is 0 Å². The third kappa shape index (κ3) is 5.96. The van der Waals surface area contributed by atoms with Crippen molar-refractivity contribution >= 4 is 33.4 Å². The van der Waals surface area contributed by atoms with Crippen LogP contribution in [0, 0.1) is 12.3 Å². The zero-order valence-corrected chi connectivity index (χ0v) is 14.2. The molecule has 106 valence electrons. The highest BCUT2D eigenvalue weighted by atomic mass is 79.9. The van der Waals surface area contributed by atoms with Crippen molar-refractivity contribution < 1.29 is 4.79 Å². The van der Waals surface area contributed by atoms with Crippen LogP contribution < -0.4 is 5.32 Å². The first-order chi connectivity index (χ1) is 8.69. The lowest BCUT2D eigenvalue weighted by molar-refractivity contribution is 0.0952. The van der Waals surface area contributed by atoms with Crippen molar-refractivity contribution in [3.05, 3.63) is 33.8 Å². The first-order valence-electron chi connectivity index (χ1n) is 6.37. The van der Waals surface area contributed by atoms with Crippen molar-refractivity contribution in [1.82, 2.24) is 5.32 Å². The summed E-state index contributed by atoms with van der Waals surface area (Å²) in [5, 5.41) is 2.84. The predicted molar refractivity (Wildman–Crippen MR) is 84.9 cm³/mol. The molecule has 1 N–H and O–H groups in total. The Morgan fingerprint density at radius 2 is 2.05 bits per heavy atom. The number of hydrogen-bond acceptors (Lipinski definition) is 1. The molecule has 0 saturated carbocycles. The Balaban J connectivity index is 2.53. The molecular formula is C15H21BrClNO. The van der Waals surface area contributed by atoms with E-state index in [0.29, 0.717) is 12.1 Å². The minimum atomic E-state index is -0.0739. The largest absolute Gasteiger partial charge is 0.351 e. The van der Waals surface area contributed by atoms with Crippen LogP contribution in [0.3, 0.4) is 0 Å². The zero-order chi connectivity index (χ0) is 14.6. The molecule has 0 spiro atoms. The number of aryl methyl sites for hydroxylation is 1. The highest BCUT2D eigenvalue weighted by molar-refractivity contribution is 9.10. The molecule has 2 nitrogen and oxygen atoms in total. The molecule has 0 aromatic heterocycles. The van der Waals surface area contributed by atoms with E-state index >= 15 is 0 Å². The van der Waals surface area contributed by atoms with Gasteiger partial charge in [0.2, 0.25) is 0 Å². The van der Waals surface area contributed by atoms with Gasteiger partial charge in [-0.1, -0.05) is 36.7 Å². The smallest absolute Gasteiger partial charge is 0.251 e.